The standard InChI is InChI=1S/C17H26N4O/c1-4-20(5-2)10-7-6-9-18-17(22)15-13-21-11-8-14(3)12-16(21)19-15/h8,11-13H,4-7,9-10H2,1-3H3,(H,18,22). The molecule has 1 amide bonds. The molecule has 0 atom stereocenters. The topological polar surface area (TPSA) is 49.6 Å². The molecule has 0 radical (unpaired) electrons. The third kappa shape index (κ3) is 4.31. The van der Waals surface area contributed by atoms with Crippen LogP contribution in [0.2, 0.25) is 0 Å². The first kappa shape index (κ1) is 16.5. The molecule has 22 heavy (non-hydrogen) atoms. The SMILES string of the molecule is CCN(CC)CCCCNC(=O)c1cn2ccc(C)cc2n1. The Kier molecular flexibility index (Phi) is 5.95. The molecular weight excluding hydrogens is 276 g/mol. The summed E-state index contributed by atoms with van der Waals surface area (Å²) >= 11 is 0. The first-order chi connectivity index (χ1) is 10.6. The summed E-state index contributed by atoms with van der Waals surface area (Å²) in [5.41, 5.74) is 2.43. The highest BCUT2D eigenvalue weighted by molar-refractivity contribution is 5.92. The third-order valence-corrected chi connectivity index (χ3v) is 3.93. The Morgan fingerprint density at radius 2 is 2.09 bits per heavy atom. The van der Waals surface area contributed by atoms with E-state index in [1.165, 1.54) is 0 Å². The van der Waals surface area contributed by atoms with Gasteiger partial charge in [-0.25, -0.2) is 4.98 Å². The lowest BCUT2D eigenvalue weighted by molar-refractivity contribution is 0.0948. The molecule has 0 fully saturated rings. The molecule has 2 rings (SSSR count). The first-order valence-electron chi connectivity index (χ1n) is 8.10. The summed E-state index contributed by atoms with van der Waals surface area (Å²) in [7, 11) is 0. The van der Waals surface area contributed by atoms with Gasteiger partial charge < -0.3 is 14.6 Å². The average molecular weight is 302 g/mol. The molecule has 0 bridgehead atoms. The van der Waals surface area contributed by atoms with Crippen molar-refractivity contribution < 1.29 is 4.79 Å². The summed E-state index contributed by atoms with van der Waals surface area (Å²) in [6.45, 7) is 10.3. The van der Waals surface area contributed by atoms with Crippen LogP contribution in [-0.4, -0.2) is 46.4 Å². The number of hydrogen-bond donors (Lipinski definition) is 1. The summed E-state index contributed by atoms with van der Waals surface area (Å²) in [5.74, 6) is -0.0933. The van der Waals surface area contributed by atoms with Gasteiger partial charge in [0.05, 0.1) is 0 Å². The quantitative estimate of drug-likeness (QED) is 0.762. The Labute approximate surface area is 132 Å². The maximum Gasteiger partial charge on any atom is 0.271 e. The summed E-state index contributed by atoms with van der Waals surface area (Å²) in [4.78, 5) is 18.9. The molecule has 1 N–H and O–H groups in total. The molecule has 0 aliphatic heterocycles. The van der Waals surface area contributed by atoms with E-state index < -0.39 is 0 Å². The number of fused-ring (bicyclic) bond motifs is 1. The number of carbonyl (C=O) groups is 1. The number of aryl methyl sites for hydroxylation is 1. The van der Waals surface area contributed by atoms with E-state index in [0.29, 0.717) is 12.2 Å². The number of carbonyl (C=O) groups excluding carboxylic acids is 1. The van der Waals surface area contributed by atoms with Gasteiger partial charge in [0.1, 0.15) is 11.3 Å². The van der Waals surface area contributed by atoms with Gasteiger partial charge in [-0.1, -0.05) is 13.8 Å². The van der Waals surface area contributed by atoms with Gasteiger partial charge in [-0.2, -0.15) is 0 Å². The van der Waals surface area contributed by atoms with E-state index >= 15 is 0 Å². The van der Waals surface area contributed by atoms with Gasteiger partial charge in [0, 0.05) is 18.9 Å². The van der Waals surface area contributed by atoms with Gasteiger partial charge in [0.15, 0.2) is 0 Å². The molecule has 0 aliphatic rings. The minimum absolute atomic E-state index is 0.0933. The third-order valence-electron chi connectivity index (χ3n) is 3.93. The van der Waals surface area contributed by atoms with Crippen molar-refractivity contribution in [2.24, 2.45) is 0 Å². The Hall–Kier alpha value is -1.88. The van der Waals surface area contributed by atoms with Crippen LogP contribution in [0.4, 0.5) is 0 Å². The lowest BCUT2D eigenvalue weighted by atomic mass is 10.3. The zero-order valence-corrected chi connectivity index (χ0v) is 13.8. The van der Waals surface area contributed by atoms with Gasteiger partial charge in [-0.15, -0.1) is 0 Å². The summed E-state index contributed by atoms with van der Waals surface area (Å²) in [6.07, 6.45) is 5.81. The molecular formula is C17H26N4O. The van der Waals surface area contributed by atoms with Crippen molar-refractivity contribution in [1.29, 1.82) is 0 Å². The molecule has 0 aliphatic carbocycles. The Balaban J connectivity index is 1.79. The van der Waals surface area contributed by atoms with E-state index in [4.69, 9.17) is 0 Å². The van der Waals surface area contributed by atoms with Crippen LogP contribution in [0, 0.1) is 6.92 Å². The summed E-state index contributed by atoms with van der Waals surface area (Å²) < 4.78 is 1.88. The number of nitrogens with zero attached hydrogens (tertiary/aromatic N) is 3. The van der Waals surface area contributed by atoms with Crippen LogP contribution < -0.4 is 5.32 Å². The predicted octanol–water partition coefficient (Wildman–Crippen LogP) is 2.49. The van der Waals surface area contributed by atoms with E-state index in [9.17, 15) is 4.79 Å². The van der Waals surface area contributed by atoms with Crippen LogP contribution in [0.1, 0.15) is 42.7 Å². The highest BCUT2D eigenvalue weighted by Gasteiger charge is 2.10. The molecule has 120 valence electrons. The molecule has 0 saturated heterocycles. The number of rotatable bonds is 8. The lowest BCUT2D eigenvalue weighted by Crippen LogP contribution is -2.27. The minimum atomic E-state index is -0.0933. The fourth-order valence-electron chi connectivity index (χ4n) is 2.49. The second kappa shape index (κ2) is 7.94. The number of amides is 1. The van der Waals surface area contributed by atoms with E-state index in [1.54, 1.807) is 6.20 Å². The summed E-state index contributed by atoms with van der Waals surface area (Å²) in [6, 6.07) is 3.98. The summed E-state index contributed by atoms with van der Waals surface area (Å²) in [5, 5.41) is 2.95. The fourth-order valence-corrected chi connectivity index (χ4v) is 2.49. The average Bonchev–Trinajstić information content (AvgIpc) is 2.93. The fraction of sp³-hybridized carbons (Fsp3) is 0.529. The molecule has 0 spiro atoms. The van der Waals surface area contributed by atoms with Crippen LogP contribution in [0.25, 0.3) is 5.65 Å². The molecule has 2 aromatic heterocycles. The van der Waals surface area contributed by atoms with E-state index in [-0.39, 0.29) is 5.91 Å². The molecule has 0 unspecified atom stereocenters. The van der Waals surface area contributed by atoms with Crippen molar-refractivity contribution in [2.45, 2.75) is 33.6 Å². The zero-order chi connectivity index (χ0) is 15.9. The number of pyridine rings is 1. The molecule has 2 heterocycles. The Morgan fingerprint density at radius 1 is 1.32 bits per heavy atom. The van der Waals surface area contributed by atoms with Crippen molar-refractivity contribution in [3.63, 3.8) is 0 Å². The highest BCUT2D eigenvalue weighted by atomic mass is 16.1. The Morgan fingerprint density at radius 3 is 2.82 bits per heavy atom. The van der Waals surface area contributed by atoms with Crippen molar-refractivity contribution >= 4 is 11.6 Å². The number of imidazole rings is 1. The molecule has 0 saturated carbocycles. The molecule has 5 nitrogen and oxygen atoms in total. The lowest BCUT2D eigenvalue weighted by Gasteiger charge is -2.17. The molecule has 2 aromatic rings. The van der Waals surface area contributed by atoms with Gasteiger partial charge in [-0.05, 0) is 57.1 Å². The minimum Gasteiger partial charge on any atom is -0.351 e. The van der Waals surface area contributed by atoms with Gasteiger partial charge in [0.25, 0.3) is 5.91 Å². The van der Waals surface area contributed by atoms with Crippen LogP contribution in [-0.2, 0) is 0 Å². The number of unbranched alkanes of at least 4 members (excludes halogenated alkanes) is 1. The van der Waals surface area contributed by atoms with Crippen molar-refractivity contribution in [3.8, 4) is 0 Å². The predicted molar refractivity (Wildman–Crippen MR) is 89.3 cm³/mol. The van der Waals surface area contributed by atoms with Gasteiger partial charge >= 0.3 is 0 Å². The largest absolute Gasteiger partial charge is 0.351 e. The second-order valence-electron chi connectivity index (χ2n) is 5.59. The number of aromatic nitrogens is 2. The smallest absolute Gasteiger partial charge is 0.271 e. The van der Waals surface area contributed by atoms with Crippen molar-refractivity contribution in [1.82, 2.24) is 19.6 Å². The van der Waals surface area contributed by atoms with E-state index in [2.05, 4.69) is 29.0 Å². The van der Waals surface area contributed by atoms with Crippen LogP contribution >= 0.6 is 0 Å². The highest BCUT2D eigenvalue weighted by Crippen LogP contribution is 2.07. The normalized spacial score (nSPS) is 11.3. The Bertz CT molecular complexity index is 616. The zero-order valence-electron chi connectivity index (χ0n) is 13.8. The number of nitrogens with one attached hydrogen (secondary N) is 1. The van der Waals surface area contributed by atoms with Crippen molar-refractivity contribution in [3.05, 3.63) is 35.8 Å². The number of hydrogen-bond acceptors (Lipinski definition) is 3. The molecule has 0 aromatic carbocycles. The maximum absolute atomic E-state index is 12.1. The monoisotopic (exact) mass is 302 g/mol. The van der Waals surface area contributed by atoms with Crippen LogP contribution in [0.15, 0.2) is 24.5 Å². The van der Waals surface area contributed by atoms with E-state index in [1.807, 2.05) is 29.7 Å². The molecule has 5 heteroatoms. The van der Waals surface area contributed by atoms with Crippen molar-refractivity contribution in [2.75, 3.05) is 26.2 Å². The maximum atomic E-state index is 12.1. The van der Waals surface area contributed by atoms with Gasteiger partial charge in [-0.3, -0.25) is 4.79 Å². The van der Waals surface area contributed by atoms with E-state index in [0.717, 1.165) is 43.7 Å². The second-order valence-corrected chi connectivity index (χ2v) is 5.59. The first-order valence-corrected chi connectivity index (χ1v) is 8.10. The van der Waals surface area contributed by atoms with Gasteiger partial charge in [0.2, 0.25) is 0 Å². The van der Waals surface area contributed by atoms with Crippen LogP contribution in [0.3, 0.4) is 0 Å². The van der Waals surface area contributed by atoms with Crippen LogP contribution in [0.5, 0.6) is 0 Å².